The van der Waals surface area contributed by atoms with Crippen molar-refractivity contribution in [3.8, 4) is 22.6 Å². The molecule has 1 fully saturated rings. The molecule has 1 aromatic heterocycles. The zero-order valence-electron chi connectivity index (χ0n) is 26.4. The van der Waals surface area contributed by atoms with Gasteiger partial charge in [-0.2, -0.15) is 0 Å². The number of rotatable bonds is 8. The number of piperidine rings is 1. The van der Waals surface area contributed by atoms with Gasteiger partial charge in [-0.3, -0.25) is 9.59 Å². The van der Waals surface area contributed by atoms with Crippen molar-refractivity contribution < 1.29 is 19.1 Å². The van der Waals surface area contributed by atoms with E-state index in [9.17, 15) is 9.59 Å². The fourth-order valence-electron chi connectivity index (χ4n) is 6.62. The number of pyridine rings is 1. The van der Waals surface area contributed by atoms with Gasteiger partial charge in [0.05, 0.1) is 35.9 Å². The van der Waals surface area contributed by atoms with Crippen molar-refractivity contribution in [2.45, 2.75) is 58.5 Å². The second kappa shape index (κ2) is 13.2. The van der Waals surface area contributed by atoms with Crippen LogP contribution >= 0.6 is 11.6 Å². The van der Waals surface area contributed by atoms with Gasteiger partial charge in [-0.15, -0.1) is 4.73 Å². The fourth-order valence-corrected chi connectivity index (χ4v) is 6.86. The van der Waals surface area contributed by atoms with E-state index >= 15 is 0 Å². The number of benzene rings is 3. The minimum atomic E-state index is -0.253. The number of carbonyl (C=O) groups excluding carboxylic acids is 1. The van der Waals surface area contributed by atoms with E-state index in [0.717, 1.165) is 47.2 Å². The van der Waals surface area contributed by atoms with E-state index in [2.05, 4.69) is 11.4 Å². The monoisotopic (exact) mass is 629 g/mol. The molecule has 2 aliphatic heterocycles. The number of carbonyl (C=O) groups is 1. The molecule has 2 aliphatic rings. The first-order chi connectivity index (χ1) is 21.7. The van der Waals surface area contributed by atoms with Crippen molar-refractivity contribution in [2.24, 2.45) is 0 Å². The quantitative estimate of drug-likeness (QED) is 0.253. The van der Waals surface area contributed by atoms with Gasteiger partial charge in [0.1, 0.15) is 6.61 Å². The average Bonchev–Trinajstić information content (AvgIpc) is 3.04. The van der Waals surface area contributed by atoms with Crippen molar-refractivity contribution >= 4 is 28.4 Å². The summed E-state index contributed by atoms with van der Waals surface area (Å²) in [6, 6.07) is 15.7. The number of ether oxygens (including phenoxy) is 2. The lowest BCUT2D eigenvalue weighted by Gasteiger charge is -2.30. The largest absolute Gasteiger partial charge is 0.493 e. The lowest BCUT2D eigenvalue weighted by molar-refractivity contribution is 0.0734. The highest BCUT2D eigenvalue weighted by Gasteiger charge is 2.26. The first-order valence-electron chi connectivity index (χ1n) is 15.6. The highest BCUT2D eigenvalue weighted by Crippen LogP contribution is 2.35. The average molecular weight is 630 g/mol. The third kappa shape index (κ3) is 6.40. The number of hydrogen-bond acceptors (Lipinski definition) is 6. The molecule has 3 aromatic carbocycles. The summed E-state index contributed by atoms with van der Waals surface area (Å²) in [6.07, 6.45) is 4.96. The highest BCUT2D eigenvalue weighted by molar-refractivity contribution is 6.34. The van der Waals surface area contributed by atoms with Crippen molar-refractivity contribution in [3.05, 3.63) is 91.7 Å². The molecule has 8 nitrogen and oxygen atoms in total. The minimum Gasteiger partial charge on any atom is -0.493 e. The third-order valence-electron chi connectivity index (χ3n) is 8.92. The van der Waals surface area contributed by atoms with Gasteiger partial charge >= 0.3 is 0 Å². The number of amides is 1. The van der Waals surface area contributed by atoms with E-state index in [1.54, 1.807) is 31.3 Å². The van der Waals surface area contributed by atoms with E-state index in [4.69, 9.17) is 25.9 Å². The normalized spacial score (nSPS) is 16.4. The lowest BCUT2D eigenvalue weighted by Crippen LogP contribution is -2.37. The summed E-state index contributed by atoms with van der Waals surface area (Å²) in [5.74, 6) is 1.14. The zero-order chi connectivity index (χ0) is 31.7. The van der Waals surface area contributed by atoms with Crippen molar-refractivity contribution in [1.82, 2.24) is 14.9 Å². The van der Waals surface area contributed by atoms with Gasteiger partial charge in [-0.25, -0.2) is 0 Å². The van der Waals surface area contributed by atoms with Crippen LogP contribution in [0.25, 0.3) is 22.0 Å². The summed E-state index contributed by atoms with van der Waals surface area (Å²) in [7, 11) is 3.22. The van der Waals surface area contributed by atoms with Gasteiger partial charge in [0.25, 0.3) is 11.5 Å². The van der Waals surface area contributed by atoms with Crippen LogP contribution in [0.3, 0.4) is 0 Å². The predicted molar refractivity (Wildman–Crippen MR) is 178 cm³/mol. The highest BCUT2D eigenvalue weighted by atomic mass is 35.5. The molecule has 6 rings (SSSR count). The number of fused-ring (bicyclic) bond motifs is 2. The SMILES string of the molecule is COc1cc2c(cc1OC)CN(C(=O)c1cc3cc(-c4cc(C)cc(C)c4)c(=O)n(OCC[C@@H]4CCCCN4)c3cc1Cl)CC2. The molecule has 1 atom stereocenters. The third-order valence-corrected chi connectivity index (χ3v) is 9.23. The van der Waals surface area contributed by atoms with Crippen LogP contribution in [0.15, 0.2) is 53.3 Å². The Balaban J connectivity index is 1.37. The summed E-state index contributed by atoms with van der Waals surface area (Å²) in [5, 5.41) is 4.52. The number of halogens is 1. The smallest absolute Gasteiger partial charge is 0.291 e. The minimum absolute atomic E-state index is 0.169. The van der Waals surface area contributed by atoms with Gasteiger partial charge in [0.2, 0.25) is 0 Å². The van der Waals surface area contributed by atoms with Crippen LogP contribution in [-0.2, 0) is 13.0 Å². The molecule has 0 radical (unpaired) electrons. The molecule has 3 heterocycles. The first-order valence-corrected chi connectivity index (χ1v) is 16.0. The maximum atomic E-state index is 14.0. The number of aryl methyl sites for hydroxylation is 2. The second-order valence-electron chi connectivity index (χ2n) is 12.1. The maximum Gasteiger partial charge on any atom is 0.291 e. The molecule has 9 heteroatoms. The van der Waals surface area contributed by atoms with Gasteiger partial charge < -0.3 is 24.5 Å². The molecule has 1 N–H and O–H groups in total. The molecular weight excluding hydrogens is 590 g/mol. The van der Waals surface area contributed by atoms with Crippen molar-refractivity contribution in [1.29, 1.82) is 0 Å². The molecule has 45 heavy (non-hydrogen) atoms. The Hall–Kier alpha value is -4.01. The standard InChI is InChI=1S/C36H40ClN3O5/c1-22-13-23(2)15-25(14-22)29-16-26-17-30(35(41)39-11-8-24-18-33(43-3)34(44-4)19-27(24)21-39)31(37)20-32(26)40(36(29)42)45-12-9-28-7-5-6-10-38-28/h13-20,28,38H,5-12,21H2,1-4H3/t28-/m0/s1. The lowest BCUT2D eigenvalue weighted by atomic mass is 9.97. The summed E-state index contributed by atoms with van der Waals surface area (Å²) in [6.45, 7) is 6.39. The van der Waals surface area contributed by atoms with Crippen LogP contribution in [0.2, 0.25) is 5.02 Å². The van der Waals surface area contributed by atoms with E-state index in [1.165, 1.54) is 17.6 Å². The molecule has 0 bridgehead atoms. The molecule has 1 amide bonds. The van der Waals surface area contributed by atoms with Gasteiger partial charge in [-0.05, 0) is 93.1 Å². The Kier molecular flexibility index (Phi) is 9.06. The molecule has 0 saturated carbocycles. The molecule has 0 spiro atoms. The number of nitrogens with zero attached hydrogens (tertiary/aromatic N) is 2. The van der Waals surface area contributed by atoms with Crippen LogP contribution in [0.4, 0.5) is 0 Å². The van der Waals surface area contributed by atoms with E-state index in [0.29, 0.717) is 65.7 Å². The zero-order valence-corrected chi connectivity index (χ0v) is 27.1. The fraction of sp³-hybridized carbons (Fsp3) is 0.389. The Morgan fingerprint density at radius 3 is 2.38 bits per heavy atom. The van der Waals surface area contributed by atoms with E-state index in [-0.39, 0.29) is 16.5 Å². The number of methoxy groups -OCH3 is 2. The van der Waals surface area contributed by atoms with Crippen LogP contribution in [0.5, 0.6) is 11.5 Å². The van der Waals surface area contributed by atoms with Crippen LogP contribution in [0.1, 0.15) is 58.3 Å². The summed E-state index contributed by atoms with van der Waals surface area (Å²) >= 11 is 6.82. The van der Waals surface area contributed by atoms with Crippen LogP contribution < -0.4 is 25.2 Å². The van der Waals surface area contributed by atoms with Gasteiger partial charge in [0, 0.05) is 24.5 Å². The predicted octanol–water partition coefficient (Wildman–Crippen LogP) is 6.12. The molecule has 1 saturated heterocycles. The molecular formula is C36H40ClN3O5. The Morgan fingerprint density at radius 1 is 0.956 bits per heavy atom. The number of hydrogen-bond donors (Lipinski definition) is 1. The summed E-state index contributed by atoms with van der Waals surface area (Å²) < 4.78 is 12.3. The maximum absolute atomic E-state index is 14.0. The van der Waals surface area contributed by atoms with Crippen LogP contribution in [0, 0.1) is 13.8 Å². The van der Waals surface area contributed by atoms with Crippen LogP contribution in [-0.4, -0.2) is 55.5 Å². The summed E-state index contributed by atoms with van der Waals surface area (Å²) in [5.41, 5.74) is 6.25. The number of aromatic nitrogens is 1. The van der Waals surface area contributed by atoms with Gasteiger partial charge in [0.15, 0.2) is 11.5 Å². The first kappa shape index (κ1) is 31.0. The molecule has 4 aromatic rings. The van der Waals surface area contributed by atoms with E-state index < -0.39 is 0 Å². The Labute approximate surface area is 268 Å². The number of nitrogens with one attached hydrogen (secondary N) is 1. The molecule has 0 unspecified atom stereocenters. The van der Waals surface area contributed by atoms with Crippen molar-refractivity contribution in [2.75, 3.05) is 33.9 Å². The Morgan fingerprint density at radius 2 is 1.69 bits per heavy atom. The molecule has 236 valence electrons. The van der Waals surface area contributed by atoms with E-state index in [1.807, 2.05) is 44.2 Å². The molecule has 0 aliphatic carbocycles. The Bertz CT molecular complexity index is 1790. The summed E-state index contributed by atoms with van der Waals surface area (Å²) in [4.78, 5) is 36.0. The topological polar surface area (TPSA) is 82.0 Å². The van der Waals surface area contributed by atoms with Gasteiger partial charge in [-0.1, -0.05) is 47.3 Å². The van der Waals surface area contributed by atoms with Crippen molar-refractivity contribution in [3.63, 3.8) is 0 Å². The second-order valence-corrected chi connectivity index (χ2v) is 12.6.